The zero-order valence-corrected chi connectivity index (χ0v) is 10.6. The van der Waals surface area contributed by atoms with Gasteiger partial charge >= 0.3 is 0 Å². The minimum atomic E-state index is -2.73. The lowest BCUT2D eigenvalue weighted by molar-refractivity contribution is 0.314. The van der Waals surface area contributed by atoms with E-state index in [4.69, 9.17) is 0 Å². The summed E-state index contributed by atoms with van der Waals surface area (Å²) < 4.78 is 49.5. The normalized spacial score (nSPS) is 13.0. The van der Waals surface area contributed by atoms with Crippen molar-refractivity contribution in [2.45, 2.75) is 12.6 Å². The van der Waals surface area contributed by atoms with Crippen molar-refractivity contribution in [3.05, 3.63) is 34.1 Å². The Labute approximate surface area is 102 Å². The smallest absolute Gasteiger partial charge is 0.201 e. The number of hydrogen-bond acceptors (Lipinski definition) is 2. The molecule has 1 unspecified atom stereocenters. The molecule has 0 amide bonds. The quantitative estimate of drug-likeness (QED) is 0.818. The molecule has 0 radical (unpaired) electrons. The maximum atomic E-state index is 13.5. The van der Waals surface area contributed by atoms with Gasteiger partial charge in [-0.1, -0.05) is 12.1 Å². The topological polar surface area (TPSA) is 46.2 Å². The number of alkyl halides is 1. The van der Waals surface area contributed by atoms with Crippen molar-refractivity contribution in [2.24, 2.45) is 0 Å². The van der Waals surface area contributed by atoms with Crippen LogP contribution >= 0.6 is 15.9 Å². The molecule has 3 nitrogen and oxygen atoms in total. The van der Waals surface area contributed by atoms with Crippen molar-refractivity contribution in [3.8, 4) is 0 Å². The highest BCUT2D eigenvalue weighted by molar-refractivity contribution is 9.10. The monoisotopic (exact) mass is 313 g/mol. The van der Waals surface area contributed by atoms with E-state index in [2.05, 4.69) is 20.7 Å². The van der Waals surface area contributed by atoms with E-state index >= 15 is 0 Å². The maximum absolute atomic E-state index is 13.5. The van der Waals surface area contributed by atoms with E-state index in [1.807, 2.05) is 0 Å². The van der Waals surface area contributed by atoms with Crippen molar-refractivity contribution in [3.63, 3.8) is 0 Å². The molecule has 1 aromatic rings. The number of halogens is 3. The molecule has 0 aromatic heterocycles. The third-order valence-corrected chi connectivity index (χ3v) is 3.05. The number of rotatable bonds is 5. The lowest BCUT2D eigenvalue weighted by atomic mass is 10.1. The zero-order valence-electron chi connectivity index (χ0n) is 8.12. The van der Waals surface area contributed by atoms with Gasteiger partial charge in [0.15, 0.2) is 0 Å². The van der Waals surface area contributed by atoms with E-state index in [-0.39, 0.29) is 23.0 Å². The summed E-state index contributed by atoms with van der Waals surface area (Å²) in [7, 11) is -2.73. The van der Waals surface area contributed by atoms with Gasteiger partial charge < -0.3 is 0 Å². The maximum Gasteiger partial charge on any atom is 0.201 e. The highest BCUT2D eigenvalue weighted by Gasteiger charge is 2.15. The summed E-state index contributed by atoms with van der Waals surface area (Å²) >= 11 is 2.95. The van der Waals surface area contributed by atoms with Crippen LogP contribution in [0.4, 0.5) is 8.78 Å². The van der Waals surface area contributed by atoms with E-state index < -0.39 is 22.9 Å². The highest BCUT2D eigenvalue weighted by atomic mass is 79.9. The molecule has 1 aromatic carbocycles. The van der Waals surface area contributed by atoms with Gasteiger partial charge in [-0.25, -0.2) is 21.9 Å². The standard InChI is InChI=1S/C9H10BrF2NO2S/c10-7-3-1-2-6(9(7)12)8(11)4-5-13-16(14)15/h1-3,8,16H,4-5H2,(H,13,14,15). The Bertz CT molecular complexity index is 432. The van der Waals surface area contributed by atoms with Crippen LogP contribution in [0.15, 0.2) is 22.7 Å². The molecule has 0 saturated heterocycles. The first-order valence-corrected chi connectivity index (χ1v) is 6.45. The molecule has 0 saturated carbocycles. The van der Waals surface area contributed by atoms with E-state index in [0.717, 1.165) is 0 Å². The van der Waals surface area contributed by atoms with Gasteiger partial charge in [-0.3, -0.25) is 0 Å². The van der Waals surface area contributed by atoms with Gasteiger partial charge in [0.1, 0.15) is 12.0 Å². The van der Waals surface area contributed by atoms with Gasteiger partial charge in [-0.15, -0.1) is 0 Å². The van der Waals surface area contributed by atoms with Crippen LogP contribution in [0.1, 0.15) is 18.2 Å². The Hall–Kier alpha value is -0.530. The van der Waals surface area contributed by atoms with Gasteiger partial charge in [0.25, 0.3) is 0 Å². The number of thiol groups is 1. The van der Waals surface area contributed by atoms with Gasteiger partial charge in [0.2, 0.25) is 10.9 Å². The summed E-state index contributed by atoms with van der Waals surface area (Å²) in [5.41, 5.74) is -0.0719. The van der Waals surface area contributed by atoms with E-state index in [1.165, 1.54) is 18.2 Å². The molecule has 0 spiro atoms. The predicted octanol–water partition coefficient (Wildman–Crippen LogP) is 2.10. The van der Waals surface area contributed by atoms with Crippen LogP contribution < -0.4 is 4.72 Å². The molecular weight excluding hydrogens is 304 g/mol. The Morgan fingerprint density at radius 3 is 2.75 bits per heavy atom. The lowest BCUT2D eigenvalue weighted by Crippen LogP contribution is -2.14. The number of nitrogens with one attached hydrogen (secondary N) is 1. The predicted molar refractivity (Wildman–Crippen MR) is 60.9 cm³/mol. The van der Waals surface area contributed by atoms with Crippen LogP contribution in [0.2, 0.25) is 0 Å². The summed E-state index contributed by atoms with van der Waals surface area (Å²) in [5, 5.41) is 0. The second-order valence-electron chi connectivity index (χ2n) is 3.06. The Morgan fingerprint density at radius 2 is 2.12 bits per heavy atom. The van der Waals surface area contributed by atoms with E-state index in [1.54, 1.807) is 0 Å². The average Bonchev–Trinajstić information content (AvgIpc) is 2.21. The van der Waals surface area contributed by atoms with Crippen molar-refractivity contribution < 1.29 is 17.2 Å². The van der Waals surface area contributed by atoms with E-state index in [9.17, 15) is 17.2 Å². The fourth-order valence-corrected chi connectivity index (χ4v) is 1.89. The molecule has 0 aliphatic heterocycles. The van der Waals surface area contributed by atoms with E-state index in [0.29, 0.717) is 0 Å². The molecule has 7 heteroatoms. The lowest BCUT2D eigenvalue weighted by Gasteiger charge is -2.09. The summed E-state index contributed by atoms with van der Waals surface area (Å²) in [6.07, 6.45) is -1.63. The van der Waals surface area contributed by atoms with Crippen LogP contribution in [-0.4, -0.2) is 15.0 Å². The van der Waals surface area contributed by atoms with Gasteiger partial charge in [-0.2, -0.15) is 0 Å². The molecule has 0 aliphatic carbocycles. The largest absolute Gasteiger partial charge is 0.242 e. The summed E-state index contributed by atoms with van der Waals surface area (Å²) in [6, 6.07) is 4.33. The third-order valence-electron chi connectivity index (χ3n) is 1.96. The molecule has 0 bridgehead atoms. The minimum Gasteiger partial charge on any atom is -0.242 e. The first kappa shape index (κ1) is 13.5. The summed E-state index contributed by atoms with van der Waals surface area (Å²) in [6.45, 7) is -0.0498. The van der Waals surface area contributed by atoms with Gasteiger partial charge in [0, 0.05) is 12.1 Å². The number of hydrogen-bond donors (Lipinski definition) is 2. The molecule has 0 fully saturated rings. The van der Waals surface area contributed by atoms with Crippen LogP contribution in [-0.2, 0) is 10.9 Å². The zero-order chi connectivity index (χ0) is 12.1. The van der Waals surface area contributed by atoms with Crippen LogP contribution in [0.5, 0.6) is 0 Å². The Balaban J connectivity index is 2.65. The molecule has 1 N–H and O–H groups in total. The van der Waals surface area contributed by atoms with Crippen LogP contribution in [0.3, 0.4) is 0 Å². The van der Waals surface area contributed by atoms with Crippen molar-refractivity contribution in [2.75, 3.05) is 6.54 Å². The molecule has 1 rings (SSSR count). The molecule has 16 heavy (non-hydrogen) atoms. The second kappa shape index (κ2) is 6.27. The summed E-state index contributed by atoms with van der Waals surface area (Å²) in [5.74, 6) is -0.651. The summed E-state index contributed by atoms with van der Waals surface area (Å²) in [4.78, 5) is 0. The molecule has 1 atom stereocenters. The first-order valence-electron chi connectivity index (χ1n) is 4.48. The third kappa shape index (κ3) is 3.80. The SMILES string of the molecule is O=[SH](=O)NCCC(F)c1cccc(Br)c1F. The second-order valence-corrected chi connectivity index (χ2v) is 4.75. The fourth-order valence-electron chi connectivity index (χ4n) is 1.20. The molecule has 0 aliphatic rings. The number of benzene rings is 1. The van der Waals surface area contributed by atoms with Gasteiger partial charge in [-0.05, 0) is 28.4 Å². The first-order chi connectivity index (χ1) is 7.52. The minimum absolute atomic E-state index is 0.0498. The van der Waals surface area contributed by atoms with Crippen LogP contribution in [0.25, 0.3) is 0 Å². The van der Waals surface area contributed by atoms with Gasteiger partial charge in [0.05, 0.1) is 4.47 Å². The molecule has 0 heterocycles. The molecule has 90 valence electrons. The van der Waals surface area contributed by atoms with Crippen LogP contribution in [0, 0.1) is 5.82 Å². The van der Waals surface area contributed by atoms with Crippen molar-refractivity contribution in [1.29, 1.82) is 0 Å². The van der Waals surface area contributed by atoms with Crippen molar-refractivity contribution >= 4 is 26.8 Å². The highest BCUT2D eigenvalue weighted by Crippen LogP contribution is 2.27. The Kier molecular flexibility index (Phi) is 5.30. The molecular formula is C9H10BrF2NO2S. The Morgan fingerprint density at radius 1 is 1.44 bits per heavy atom. The average molecular weight is 314 g/mol. The van der Waals surface area contributed by atoms with Crippen molar-refractivity contribution in [1.82, 2.24) is 4.72 Å². The fraction of sp³-hybridized carbons (Fsp3) is 0.333.